The number of fused-ring (bicyclic) bond motifs is 4. The third kappa shape index (κ3) is 7.19. The van der Waals surface area contributed by atoms with E-state index in [1.807, 2.05) is 79.0 Å². The fourth-order valence-corrected chi connectivity index (χ4v) is 8.65. The highest BCUT2D eigenvalue weighted by molar-refractivity contribution is 6.10. The fourth-order valence-electron chi connectivity index (χ4n) is 8.65. The SMILES string of the molecule is C=C1/C=C\C=C(\c2cccc(-n3c4ccccc4c4cc(-c5cc(-c6nc(-c7ccccc7)nc(-c7ccccc7)n6)ccn5)ccc43)c2)Cc2ccccc2N1c1ccccc1. The van der Waals surface area contributed by atoms with Crippen LogP contribution in [0.25, 0.3) is 78.5 Å². The molecule has 4 heterocycles. The van der Waals surface area contributed by atoms with E-state index in [1.54, 1.807) is 0 Å². The van der Waals surface area contributed by atoms with E-state index in [0.29, 0.717) is 17.5 Å². The van der Waals surface area contributed by atoms with Crippen LogP contribution in [-0.4, -0.2) is 24.5 Å². The lowest BCUT2D eigenvalue weighted by molar-refractivity contribution is 1.07. The molecule has 11 rings (SSSR count). The molecule has 10 aromatic rings. The summed E-state index contributed by atoms with van der Waals surface area (Å²) in [6, 6.07) is 67.4. The second kappa shape index (κ2) is 16.2. The number of nitrogens with zero attached hydrogens (tertiary/aromatic N) is 6. The van der Waals surface area contributed by atoms with E-state index in [2.05, 4.69) is 156 Å². The maximum absolute atomic E-state index is 4.98. The van der Waals surface area contributed by atoms with Gasteiger partial charge in [0.2, 0.25) is 0 Å². The molecule has 0 unspecified atom stereocenters. The number of rotatable bonds is 7. The van der Waals surface area contributed by atoms with Gasteiger partial charge in [-0.1, -0.05) is 152 Å². The standard InChI is InChI=1S/C57H40N6/c1-39-17-15-23-42(35-45-22-11-13-29-52(45)62(39)47-25-9-4-10-26-47)43-24-16-27-48(36-43)63-53-30-14-12-28-49(53)50-37-44(31-32-54(50)63)51-38-46(33-34-58-51)57-60-55(40-18-5-2-6-19-40)59-56(61-57)41-20-7-3-8-21-41/h2-34,36-38H,1,35H2/b17-15-,42-23+. The van der Waals surface area contributed by atoms with Gasteiger partial charge in [0, 0.05) is 68.4 Å². The Bertz CT molecular complexity index is 3330. The zero-order chi connectivity index (χ0) is 42.1. The first-order valence-corrected chi connectivity index (χ1v) is 21.1. The van der Waals surface area contributed by atoms with E-state index in [9.17, 15) is 0 Å². The third-order valence-corrected chi connectivity index (χ3v) is 11.7. The van der Waals surface area contributed by atoms with E-state index in [0.717, 1.165) is 73.5 Å². The van der Waals surface area contributed by atoms with Gasteiger partial charge in [-0.25, -0.2) is 15.0 Å². The van der Waals surface area contributed by atoms with Gasteiger partial charge in [0.25, 0.3) is 0 Å². The molecule has 0 radical (unpaired) electrons. The molecular weight excluding hydrogens is 769 g/mol. The minimum Gasteiger partial charge on any atom is -0.311 e. The number of allylic oxidation sites excluding steroid dienone is 4. The molecule has 6 heteroatoms. The second-order valence-corrected chi connectivity index (χ2v) is 15.6. The molecule has 0 bridgehead atoms. The lowest BCUT2D eigenvalue weighted by Gasteiger charge is -2.27. The van der Waals surface area contributed by atoms with Crippen molar-refractivity contribution < 1.29 is 0 Å². The Balaban J connectivity index is 0.974. The van der Waals surface area contributed by atoms with Crippen LogP contribution < -0.4 is 4.90 Å². The first kappa shape index (κ1) is 37.5. The zero-order valence-electron chi connectivity index (χ0n) is 34.4. The van der Waals surface area contributed by atoms with Crippen LogP contribution in [0.15, 0.2) is 231 Å². The minimum absolute atomic E-state index is 0.594. The summed E-state index contributed by atoms with van der Waals surface area (Å²) in [6.45, 7) is 4.48. The summed E-state index contributed by atoms with van der Waals surface area (Å²) in [5.74, 6) is 1.84. The van der Waals surface area contributed by atoms with Gasteiger partial charge in [-0.05, 0) is 83.4 Å². The summed E-state index contributed by atoms with van der Waals surface area (Å²) < 4.78 is 2.38. The molecule has 6 nitrogen and oxygen atoms in total. The van der Waals surface area contributed by atoms with Crippen molar-refractivity contribution in [3.05, 3.63) is 242 Å². The van der Waals surface area contributed by atoms with Crippen molar-refractivity contribution in [2.75, 3.05) is 4.90 Å². The molecule has 7 aromatic carbocycles. The Morgan fingerprint density at radius 1 is 0.460 bits per heavy atom. The first-order chi connectivity index (χ1) is 31.1. The third-order valence-electron chi connectivity index (χ3n) is 11.7. The Morgan fingerprint density at radius 2 is 1.08 bits per heavy atom. The number of benzene rings is 7. The van der Waals surface area contributed by atoms with Crippen molar-refractivity contribution in [3.8, 4) is 51.1 Å². The molecule has 0 saturated heterocycles. The first-order valence-electron chi connectivity index (χ1n) is 21.1. The normalized spacial score (nSPS) is 14.1. The van der Waals surface area contributed by atoms with Gasteiger partial charge in [0.05, 0.1) is 16.7 Å². The molecule has 0 saturated carbocycles. The van der Waals surface area contributed by atoms with E-state index in [4.69, 9.17) is 19.9 Å². The molecule has 298 valence electrons. The summed E-state index contributed by atoms with van der Waals surface area (Å²) >= 11 is 0. The van der Waals surface area contributed by atoms with Crippen molar-refractivity contribution >= 4 is 38.8 Å². The summed E-state index contributed by atoms with van der Waals surface area (Å²) in [5, 5.41) is 2.32. The zero-order valence-corrected chi connectivity index (χ0v) is 34.4. The fraction of sp³-hybridized carbons (Fsp3) is 0.0175. The highest BCUT2D eigenvalue weighted by Gasteiger charge is 2.20. The van der Waals surface area contributed by atoms with Gasteiger partial charge < -0.3 is 9.47 Å². The highest BCUT2D eigenvalue weighted by Crippen LogP contribution is 2.39. The smallest absolute Gasteiger partial charge is 0.164 e. The molecule has 1 aliphatic heterocycles. The van der Waals surface area contributed by atoms with Crippen molar-refractivity contribution in [2.45, 2.75) is 6.42 Å². The van der Waals surface area contributed by atoms with Gasteiger partial charge in [-0.15, -0.1) is 0 Å². The van der Waals surface area contributed by atoms with Crippen LogP contribution in [0.5, 0.6) is 0 Å². The van der Waals surface area contributed by atoms with Crippen LogP contribution in [0.1, 0.15) is 11.1 Å². The topological polar surface area (TPSA) is 59.7 Å². The van der Waals surface area contributed by atoms with Crippen LogP contribution >= 0.6 is 0 Å². The Labute approximate surface area is 366 Å². The van der Waals surface area contributed by atoms with Crippen LogP contribution in [-0.2, 0) is 6.42 Å². The second-order valence-electron chi connectivity index (χ2n) is 15.6. The number of hydrogen-bond donors (Lipinski definition) is 0. The number of anilines is 2. The minimum atomic E-state index is 0.594. The highest BCUT2D eigenvalue weighted by atomic mass is 15.1. The van der Waals surface area contributed by atoms with E-state index < -0.39 is 0 Å². The lowest BCUT2D eigenvalue weighted by atomic mass is 9.96. The lowest BCUT2D eigenvalue weighted by Crippen LogP contribution is -2.15. The number of hydrogen-bond acceptors (Lipinski definition) is 5. The van der Waals surface area contributed by atoms with Crippen molar-refractivity contribution in [1.82, 2.24) is 24.5 Å². The summed E-state index contributed by atoms with van der Waals surface area (Å²) in [5.41, 5.74) is 14.7. The van der Waals surface area contributed by atoms with Gasteiger partial charge >= 0.3 is 0 Å². The van der Waals surface area contributed by atoms with Crippen LogP contribution in [0.3, 0.4) is 0 Å². The number of aromatic nitrogens is 5. The largest absolute Gasteiger partial charge is 0.311 e. The molecule has 0 aliphatic carbocycles. The van der Waals surface area contributed by atoms with Crippen LogP contribution in [0, 0.1) is 0 Å². The number of pyridine rings is 1. The summed E-state index contributed by atoms with van der Waals surface area (Å²) in [6.07, 6.45) is 9.06. The molecule has 0 N–H and O–H groups in total. The van der Waals surface area contributed by atoms with Crippen molar-refractivity contribution in [2.24, 2.45) is 0 Å². The average molecular weight is 809 g/mol. The predicted octanol–water partition coefficient (Wildman–Crippen LogP) is 13.9. The maximum Gasteiger partial charge on any atom is 0.164 e. The van der Waals surface area contributed by atoms with E-state index >= 15 is 0 Å². The summed E-state index contributed by atoms with van der Waals surface area (Å²) in [7, 11) is 0. The molecule has 0 spiro atoms. The summed E-state index contributed by atoms with van der Waals surface area (Å²) in [4.78, 5) is 22.0. The van der Waals surface area contributed by atoms with Crippen molar-refractivity contribution in [3.63, 3.8) is 0 Å². The van der Waals surface area contributed by atoms with E-state index in [-0.39, 0.29) is 0 Å². The monoisotopic (exact) mass is 808 g/mol. The van der Waals surface area contributed by atoms with Gasteiger partial charge in [0.1, 0.15) is 0 Å². The van der Waals surface area contributed by atoms with Crippen LogP contribution in [0.4, 0.5) is 11.4 Å². The van der Waals surface area contributed by atoms with Gasteiger partial charge in [0.15, 0.2) is 17.5 Å². The molecular formula is C57H40N6. The van der Waals surface area contributed by atoms with E-state index in [1.165, 1.54) is 22.1 Å². The Hall–Kier alpha value is -8.48. The predicted molar refractivity (Wildman–Crippen MR) is 259 cm³/mol. The molecule has 0 amide bonds. The molecule has 1 aliphatic rings. The van der Waals surface area contributed by atoms with Crippen molar-refractivity contribution in [1.29, 1.82) is 0 Å². The quantitative estimate of drug-likeness (QED) is 0.160. The molecule has 0 atom stereocenters. The molecule has 0 fully saturated rings. The van der Waals surface area contributed by atoms with Gasteiger partial charge in [-0.3, -0.25) is 4.98 Å². The van der Waals surface area contributed by atoms with Crippen LogP contribution in [0.2, 0.25) is 0 Å². The van der Waals surface area contributed by atoms with Gasteiger partial charge in [-0.2, -0.15) is 0 Å². The average Bonchev–Trinajstić information content (AvgIpc) is 3.71. The molecule has 3 aromatic heterocycles. The number of para-hydroxylation sites is 3. The Morgan fingerprint density at radius 3 is 1.84 bits per heavy atom. The Kier molecular flexibility index (Phi) is 9.63. The molecule has 63 heavy (non-hydrogen) atoms. The maximum atomic E-state index is 4.98.